The number of amides is 4. The van der Waals surface area contributed by atoms with Crippen molar-refractivity contribution >= 4 is 43.3 Å². The van der Waals surface area contributed by atoms with Crippen LogP contribution in [0.1, 0.15) is 96.3 Å². The van der Waals surface area contributed by atoms with Crippen LogP contribution >= 0.6 is 0 Å². The largest absolute Gasteiger partial charge is 0.494 e. The average molecular weight is 923 g/mol. The Labute approximate surface area is 369 Å². The first-order valence-corrected chi connectivity index (χ1v) is 24.8. The normalized spacial score (nSPS) is 19.1. The van der Waals surface area contributed by atoms with Crippen LogP contribution < -0.4 is 31.1 Å². The van der Waals surface area contributed by atoms with E-state index in [1.165, 1.54) is 65.9 Å². The standard InChI is InChI=1S/C22H32N2O7S.C21H30N2O7S/c25-20(17-5-2-1-3-6-17)23-13-4-14-31-18-7-9-19(10-8-18)32(28,29)22(21(26)24-27)11-15-30-16-12-22;24-19(16-4-1-2-5-16)22-12-3-13-30-17-6-8-18(9-7-17)31(27,28)21(20(25)23-26)10-14-29-15-11-21/h7-10,17,27H,1-6,11-16H2,(H,23,25)(H,24,26);6-9,16,26H,1-5,10-15H2,(H,22,24)(H,23,25). The number of ether oxygens (including phenoxy) is 4. The second-order valence-electron chi connectivity index (χ2n) is 16.3. The summed E-state index contributed by atoms with van der Waals surface area (Å²) in [5.74, 6) is -0.404. The molecule has 18 nitrogen and oxygen atoms in total. The first kappa shape index (κ1) is 49.7. The molecule has 2 aromatic carbocycles. The van der Waals surface area contributed by atoms with Crippen LogP contribution in [0.4, 0.5) is 0 Å². The Hall–Kier alpha value is -4.34. The Morgan fingerprint density at radius 1 is 0.556 bits per heavy atom. The van der Waals surface area contributed by atoms with E-state index in [-0.39, 0.29) is 85.6 Å². The van der Waals surface area contributed by atoms with Crippen molar-refractivity contribution in [1.82, 2.24) is 21.6 Å². The first-order chi connectivity index (χ1) is 30.3. The number of sulfone groups is 2. The van der Waals surface area contributed by atoms with Gasteiger partial charge in [0.25, 0.3) is 11.8 Å². The van der Waals surface area contributed by atoms with Gasteiger partial charge in [-0.3, -0.25) is 29.6 Å². The Bertz CT molecular complexity index is 2030. The molecule has 350 valence electrons. The average Bonchev–Trinajstić information content (AvgIpc) is 3.88. The molecule has 0 spiro atoms. The van der Waals surface area contributed by atoms with E-state index < -0.39 is 41.0 Å². The first-order valence-electron chi connectivity index (χ1n) is 21.9. The molecule has 4 fully saturated rings. The van der Waals surface area contributed by atoms with E-state index in [1.54, 1.807) is 0 Å². The van der Waals surface area contributed by atoms with Crippen molar-refractivity contribution in [2.75, 3.05) is 52.7 Å². The summed E-state index contributed by atoms with van der Waals surface area (Å²) >= 11 is 0. The number of benzene rings is 2. The van der Waals surface area contributed by atoms with Gasteiger partial charge in [-0.05, 0) is 113 Å². The van der Waals surface area contributed by atoms with Crippen molar-refractivity contribution in [3.05, 3.63) is 48.5 Å². The zero-order chi connectivity index (χ0) is 45.4. The van der Waals surface area contributed by atoms with E-state index in [4.69, 9.17) is 29.4 Å². The molecule has 6 rings (SSSR count). The fourth-order valence-corrected chi connectivity index (χ4v) is 12.4. The van der Waals surface area contributed by atoms with Crippen LogP contribution in [0.15, 0.2) is 58.3 Å². The number of hydrogen-bond donors (Lipinski definition) is 6. The Kier molecular flexibility index (Phi) is 18.6. The van der Waals surface area contributed by atoms with Gasteiger partial charge in [-0.2, -0.15) is 0 Å². The summed E-state index contributed by atoms with van der Waals surface area (Å²) in [4.78, 5) is 48.6. The van der Waals surface area contributed by atoms with E-state index in [0.29, 0.717) is 50.6 Å². The molecule has 2 heterocycles. The van der Waals surface area contributed by atoms with Crippen LogP contribution in [0.25, 0.3) is 0 Å². The zero-order valence-electron chi connectivity index (χ0n) is 35.6. The molecule has 2 aromatic rings. The van der Waals surface area contributed by atoms with Crippen LogP contribution in [0.3, 0.4) is 0 Å². The minimum Gasteiger partial charge on any atom is -0.494 e. The molecule has 63 heavy (non-hydrogen) atoms. The van der Waals surface area contributed by atoms with Gasteiger partial charge in [0.2, 0.25) is 11.8 Å². The summed E-state index contributed by atoms with van der Waals surface area (Å²) in [6.45, 7) is 2.29. The van der Waals surface area contributed by atoms with E-state index in [0.717, 1.165) is 51.4 Å². The van der Waals surface area contributed by atoms with Gasteiger partial charge in [0.1, 0.15) is 11.5 Å². The minimum atomic E-state index is -4.06. The summed E-state index contributed by atoms with van der Waals surface area (Å²) in [7, 11) is -8.11. The van der Waals surface area contributed by atoms with Crippen molar-refractivity contribution in [2.45, 2.75) is 116 Å². The van der Waals surface area contributed by atoms with Gasteiger partial charge < -0.3 is 29.6 Å². The Balaban J connectivity index is 0.000000238. The predicted octanol–water partition coefficient (Wildman–Crippen LogP) is 3.57. The van der Waals surface area contributed by atoms with Crippen molar-refractivity contribution in [2.24, 2.45) is 11.8 Å². The number of hydroxylamine groups is 2. The van der Waals surface area contributed by atoms with E-state index in [1.807, 2.05) is 0 Å². The number of carbonyl (C=O) groups excluding carboxylic acids is 4. The lowest BCUT2D eigenvalue weighted by molar-refractivity contribution is -0.135. The highest BCUT2D eigenvalue weighted by Gasteiger charge is 2.53. The molecule has 0 bridgehead atoms. The smallest absolute Gasteiger partial charge is 0.265 e. The predicted molar refractivity (Wildman–Crippen MR) is 227 cm³/mol. The molecule has 4 amide bonds. The topological polar surface area (TPSA) is 262 Å². The van der Waals surface area contributed by atoms with Gasteiger partial charge in [0.15, 0.2) is 29.2 Å². The number of rotatable bonds is 18. The van der Waals surface area contributed by atoms with Gasteiger partial charge in [-0.1, -0.05) is 32.1 Å². The number of nitrogens with one attached hydrogen (secondary N) is 4. The molecule has 0 unspecified atom stereocenters. The monoisotopic (exact) mass is 922 g/mol. The SMILES string of the molecule is O=C(NCCCOc1ccc(S(=O)(=O)C2(C(=O)NO)CCOCC2)cc1)C1CCCC1.O=C(NCCCOc1ccc(S(=O)(=O)C2(C(=O)NO)CCOCC2)cc1)C1CCCCC1. The van der Waals surface area contributed by atoms with E-state index >= 15 is 0 Å². The number of carbonyl (C=O) groups is 4. The summed E-state index contributed by atoms with van der Waals surface area (Å²) in [6.07, 6.45) is 10.7. The molecule has 0 radical (unpaired) electrons. The lowest BCUT2D eigenvalue weighted by atomic mass is 9.89. The fraction of sp³-hybridized carbons (Fsp3) is 0.628. The summed E-state index contributed by atoms with van der Waals surface area (Å²) in [6, 6.07) is 11.7. The second kappa shape index (κ2) is 23.5. The van der Waals surface area contributed by atoms with Crippen LogP contribution in [-0.4, -0.2) is 113 Å². The summed E-state index contributed by atoms with van der Waals surface area (Å²) in [5.41, 5.74) is 3.00. The van der Waals surface area contributed by atoms with E-state index in [2.05, 4.69) is 10.6 Å². The Morgan fingerprint density at radius 2 is 0.889 bits per heavy atom. The number of hydrogen-bond acceptors (Lipinski definition) is 14. The molecule has 2 aliphatic heterocycles. The summed E-state index contributed by atoms with van der Waals surface area (Å²) < 4.78 is 71.0. The maximum Gasteiger partial charge on any atom is 0.265 e. The van der Waals surface area contributed by atoms with E-state index in [9.17, 15) is 36.0 Å². The maximum atomic E-state index is 13.2. The van der Waals surface area contributed by atoms with Gasteiger partial charge in [-0.25, -0.2) is 27.8 Å². The molecule has 2 aliphatic carbocycles. The van der Waals surface area contributed by atoms with Crippen LogP contribution in [-0.2, 0) is 48.3 Å². The van der Waals surface area contributed by atoms with Gasteiger partial charge in [0.05, 0.1) is 23.0 Å². The van der Waals surface area contributed by atoms with Gasteiger partial charge in [0, 0.05) is 51.4 Å². The molecule has 0 atom stereocenters. The highest BCUT2D eigenvalue weighted by molar-refractivity contribution is 7.94. The lowest BCUT2D eigenvalue weighted by Crippen LogP contribution is -2.54. The second-order valence-corrected chi connectivity index (χ2v) is 20.9. The molecule has 2 saturated heterocycles. The van der Waals surface area contributed by atoms with Crippen molar-refractivity contribution in [3.63, 3.8) is 0 Å². The van der Waals surface area contributed by atoms with Crippen LogP contribution in [0, 0.1) is 11.8 Å². The van der Waals surface area contributed by atoms with Crippen molar-refractivity contribution in [1.29, 1.82) is 0 Å². The molecule has 2 saturated carbocycles. The van der Waals surface area contributed by atoms with Crippen LogP contribution in [0.5, 0.6) is 11.5 Å². The third kappa shape index (κ3) is 12.3. The zero-order valence-corrected chi connectivity index (χ0v) is 37.3. The molecule has 4 aliphatic rings. The highest BCUT2D eigenvalue weighted by Crippen LogP contribution is 2.37. The van der Waals surface area contributed by atoms with Crippen molar-refractivity contribution < 1.29 is 65.4 Å². The third-order valence-corrected chi connectivity index (χ3v) is 17.4. The lowest BCUT2D eigenvalue weighted by Gasteiger charge is -2.34. The molecular formula is C43H62N4O14S2. The van der Waals surface area contributed by atoms with Gasteiger partial charge >= 0.3 is 0 Å². The van der Waals surface area contributed by atoms with Crippen LogP contribution in [0.2, 0.25) is 0 Å². The molecule has 6 N–H and O–H groups in total. The molecular weight excluding hydrogens is 861 g/mol. The third-order valence-electron chi connectivity index (χ3n) is 12.4. The molecule has 0 aromatic heterocycles. The summed E-state index contributed by atoms with van der Waals surface area (Å²) in [5, 5.41) is 24.1. The minimum absolute atomic E-state index is 0.0184. The fourth-order valence-electron chi connectivity index (χ4n) is 8.51. The van der Waals surface area contributed by atoms with Gasteiger partial charge in [-0.15, -0.1) is 0 Å². The highest BCUT2D eigenvalue weighted by atomic mass is 32.2. The van der Waals surface area contributed by atoms with Crippen molar-refractivity contribution in [3.8, 4) is 11.5 Å². The maximum absolute atomic E-state index is 13.2. The quantitative estimate of drug-likeness (QED) is 0.0710. The molecule has 20 heteroatoms. The Morgan fingerprint density at radius 3 is 1.22 bits per heavy atom.